The van der Waals surface area contributed by atoms with Gasteiger partial charge in [-0.2, -0.15) is 0 Å². The highest BCUT2D eigenvalue weighted by atomic mass is 15.2. The molecule has 0 saturated carbocycles. The van der Waals surface area contributed by atoms with Crippen molar-refractivity contribution in [1.29, 1.82) is 0 Å². The summed E-state index contributed by atoms with van der Waals surface area (Å²) < 4.78 is 2.45. The summed E-state index contributed by atoms with van der Waals surface area (Å²) in [6.07, 6.45) is 8.29. The van der Waals surface area contributed by atoms with Gasteiger partial charge in [-0.15, -0.1) is 0 Å². The molecule has 0 atom stereocenters. The summed E-state index contributed by atoms with van der Waals surface area (Å²) in [6, 6.07) is 73.8. The maximum Gasteiger partial charge on any atom is 0.164 e. The van der Waals surface area contributed by atoms with E-state index in [2.05, 4.69) is 216 Å². The SMILES string of the molecule is C1=CCCC(c2nc(-c3ccccc3)nc(-c3cccc(-c4cccc(-c5ccc6c(c5)-c5c(n(-c7ccccc7)c7ccccc57)-c5ccccc5N6c5ccccc5)c4)c3)n2)=C1. The van der Waals surface area contributed by atoms with Crippen LogP contribution in [0.1, 0.15) is 18.7 Å². The van der Waals surface area contributed by atoms with Gasteiger partial charge in [-0.25, -0.2) is 15.0 Å². The minimum atomic E-state index is 0.664. The number of aromatic nitrogens is 4. The molecule has 3 heterocycles. The zero-order valence-corrected chi connectivity index (χ0v) is 35.0. The molecule has 0 spiro atoms. The third-order valence-corrected chi connectivity index (χ3v) is 12.4. The molecule has 0 bridgehead atoms. The third-order valence-electron chi connectivity index (χ3n) is 12.4. The molecule has 302 valence electrons. The summed E-state index contributed by atoms with van der Waals surface area (Å²) in [5.74, 6) is 2.07. The number of nitrogens with zero attached hydrogens (tertiary/aromatic N) is 5. The number of benzene rings is 8. The monoisotopic (exact) mass is 819 g/mol. The molecule has 0 saturated heterocycles. The van der Waals surface area contributed by atoms with Crippen LogP contribution in [-0.4, -0.2) is 19.5 Å². The summed E-state index contributed by atoms with van der Waals surface area (Å²) in [5, 5.41) is 1.21. The molecule has 5 nitrogen and oxygen atoms in total. The van der Waals surface area contributed by atoms with E-state index in [1.807, 2.05) is 18.2 Å². The van der Waals surface area contributed by atoms with Gasteiger partial charge in [0.25, 0.3) is 0 Å². The van der Waals surface area contributed by atoms with E-state index >= 15 is 0 Å². The number of allylic oxidation sites excluding steroid dienone is 4. The Labute approximate surface area is 372 Å². The van der Waals surface area contributed by atoms with E-state index in [1.165, 1.54) is 33.3 Å². The van der Waals surface area contributed by atoms with Gasteiger partial charge in [0.05, 0.1) is 22.6 Å². The number of fused-ring (bicyclic) bond motifs is 7. The smallest absolute Gasteiger partial charge is 0.164 e. The second-order valence-corrected chi connectivity index (χ2v) is 16.3. The largest absolute Gasteiger partial charge is 0.309 e. The van der Waals surface area contributed by atoms with E-state index in [0.717, 1.165) is 80.4 Å². The molecule has 0 fully saturated rings. The fourth-order valence-corrected chi connectivity index (χ4v) is 9.45. The Balaban J connectivity index is 1.01. The highest BCUT2D eigenvalue weighted by Crippen LogP contribution is 2.55. The van der Waals surface area contributed by atoms with Gasteiger partial charge in [0.2, 0.25) is 0 Å². The highest BCUT2D eigenvalue weighted by Gasteiger charge is 2.31. The van der Waals surface area contributed by atoms with Crippen molar-refractivity contribution in [3.05, 3.63) is 230 Å². The maximum atomic E-state index is 5.08. The maximum absolute atomic E-state index is 5.08. The summed E-state index contributed by atoms with van der Waals surface area (Å²) in [6.45, 7) is 0. The van der Waals surface area contributed by atoms with Crippen molar-refractivity contribution >= 4 is 33.5 Å². The van der Waals surface area contributed by atoms with Gasteiger partial charge >= 0.3 is 0 Å². The lowest BCUT2D eigenvalue weighted by atomic mass is 9.93. The van der Waals surface area contributed by atoms with Crippen LogP contribution in [0.25, 0.3) is 89.6 Å². The van der Waals surface area contributed by atoms with Crippen LogP contribution in [0.5, 0.6) is 0 Å². The topological polar surface area (TPSA) is 46.8 Å². The zero-order chi connectivity index (χ0) is 42.4. The van der Waals surface area contributed by atoms with Gasteiger partial charge < -0.3 is 9.47 Å². The number of anilines is 3. The molecule has 1 aliphatic carbocycles. The molecule has 12 rings (SSSR count). The van der Waals surface area contributed by atoms with Gasteiger partial charge in [-0.05, 0) is 101 Å². The van der Waals surface area contributed by atoms with E-state index in [4.69, 9.17) is 15.0 Å². The number of rotatable bonds is 7. The van der Waals surface area contributed by atoms with Crippen LogP contribution in [0.4, 0.5) is 17.1 Å². The van der Waals surface area contributed by atoms with Crippen LogP contribution in [0, 0.1) is 0 Å². The lowest BCUT2D eigenvalue weighted by Gasteiger charge is -2.28. The predicted octanol–water partition coefficient (Wildman–Crippen LogP) is 15.3. The number of hydrogen-bond donors (Lipinski definition) is 0. The van der Waals surface area contributed by atoms with Crippen molar-refractivity contribution in [1.82, 2.24) is 19.5 Å². The van der Waals surface area contributed by atoms with Gasteiger partial charge in [-0.3, -0.25) is 0 Å². The molecule has 64 heavy (non-hydrogen) atoms. The molecule has 0 amide bonds. The van der Waals surface area contributed by atoms with Crippen LogP contribution < -0.4 is 4.90 Å². The number of hydrogen-bond acceptors (Lipinski definition) is 4. The van der Waals surface area contributed by atoms with Crippen molar-refractivity contribution in [2.45, 2.75) is 12.8 Å². The van der Waals surface area contributed by atoms with Gasteiger partial charge in [0.1, 0.15) is 0 Å². The lowest BCUT2D eigenvalue weighted by Crippen LogP contribution is -2.11. The van der Waals surface area contributed by atoms with Crippen LogP contribution in [0.15, 0.2) is 224 Å². The first kappa shape index (κ1) is 37.4. The Morgan fingerprint density at radius 3 is 1.70 bits per heavy atom. The summed E-state index contributed by atoms with van der Waals surface area (Å²) >= 11 is 0. The average molecular weight is 820 g/mol. The molecule has 2 aromatic heterocycles. The zero-order valence-electron chi connectivity index (χ0n) is 35.0. The van der Waals surface area contributed by atoms with Crippen LogP contribution >= 0.6 is 0 Å². The third kappa shape index (κ3) is 6.54. The van der Waals surface area contributed by atoms with Crippen molar-refractivity contribution in [3.8, 4) is 73.1 Å². The van der Waals surface area contributed by atoms with Gasteiger partial charge in [-0.1, -0.05) is 164 Å². The highest BCUT2D eigenvalue weighted by molar-refractivity contribution is 6.13. The van der Waals surface area contributed by atoms with E-state index in [9.17, 15) is 0 Å². The van der Waals surface area contributed by atoms with E-state index in [-0.39, 0.29) is 0 Å². The van der Waals surface area contributed by atoms with Crippen molar-refractivity contribution in [3.63, 3.8) is 0 Å². The lowest BCUT2D eigenvalue weighted by molar-refractivity contribution is 0.978. The fourth-order valence-electron chi connectivity index (χ4n) is 9.45. The summed E-state index contributed by atoms with van der Waals surface area (Å²) in [4.78, 5) is 17.5. The second-order valence-electron chi connectivity index (χ2n) is 16.3. The molecule has 10 aromatic rings. The first-order chi connectivity index (χ1) is 31.7. The molecule has 1 aliphatic heterocycles. The van der Waals surface area contributed by atoms with E-state index in [0.29, 0.717) is 11.6 Å². The molecule has 0 unspecified atom stereocenters. The van der Waals surface area contributed by atoms with Crippen molar-refractivity contribution in [2.75, 3.05) is 4.90 Å². The van der Waals surface area contributed by atoms with Crippen molar-refractivity contribution < 1.29 is 0 Å². The summed E-state index contributed by atoms with van der Waals surface area (Å²) in [7, 11) is 0. The van der Waals surface area contributed by atoms with E-state index < -0.39 is 0 Å². The molecule has 0 N–H and O–H groups in total. The molecule has 5 heteroatoms. The fraction of sp³-hybridized carbons (Fsp3) is 0.0339. The first-order valence-electron chi connectivity index (χ1n) is 21.9. The quantitative estimate of drug-likeness (QED) is 0.161. The Bertz CT molecular complexity index is 3440. The molecular weight excluding hydrogens is 779 g/mol. The summed E-state index contributed by atoms with van der Waals surface area (Å²) in [5.41, 5.74) is 18.0. The molecular formula is C59H41N5. The minimum Gasteiger partial charge on any atom is -0.309 e. The first-order valence-corrected chi connectivity index (χ1v) is 21.9. The van der Waals surface area contributed by atoms with Gasteiger partial charge in [0.15, 0.2) is 17.5 Å². The van der Waals surface area contributed by atoms with Crippen LogP contribution in [-0.2, 0) is 0 Å². The van der Waals surface area contributed by atoms with Gasteiger partial charge in [0, 0.05) is 44.6 Å². The van der Waals surface area contributed by atoms with Crippen molar-refractivity contribution in [2.24, 2.45) is 0 Å². The average Bonchev–Trinajstić information content (AvgIpc) is 3.66. The standard InChI is InChI=1S/C59H41N5/c1-5-19-40(20-6-1)57-60-58(41-21-7-2-8-22-41)62-59(61-57)46-26-18-25-44(38-46)42-23-17-24-43(37-42)45-35-36-54-51(39-45)55-49-31-13-15-33-52(49)64(48-29-11-4-12-30-48)56(55)50-32-14-16-34-53(50)63(54)47-27-9-3-10-28-47/h1-7,9-21,23-39H,8,22H2. The van der Waals surface area contributed by atoms with Crippen LogP contribution in [0.2, 0.25) is 0 Å². The Morgan fingerprint density at radius 2 is 0.969 bits per heavy atom. The Hall–Kier alpha value is -8.41. The Kier molecular flexibility index (Phi) is 9.23. The molecule has 2 aliphatic rings. The van der Waals surface area contributed by atoms with E-state index in [1.54, 1.807) is 0 Å². The molecule has 0 radical (unpaired) electrons. The Morgan fingerprint density at radius 1 is 0.406 bits per heavy atom. The van der Waals surface area contributed by atoms with Crippen LogP contribution in [0.3, 0.4) is 0 Å². The second kappa shape index (κ2) is 15.8. The molecule has 8 aromatic carbocycles. The predicted molar refractivity (Wildman–Crippen MR) is 264 cm³/mol. The number of para-hydroxylation sites is 4. The normalized spacial score (nSPS) is 12.9. The minimum absolute atomic E-state index is 0.664.